The number of rotatable bonds is 22. The van der Waals surface area contributed by atoms with Gasteiger partial charge in [0.15, 0.2) is 16.6 Å². The molecule has 1 aromatic carbocycles. The molecule has 0 bridgehead atoms. The lowest BCUT2D eigenvalue weighted by molar-refractivity contribution is -0.137. The fourth-order valence-corrected chi connectivity index (χ4v) is 7.30. The van der Waals surface area contributed by atoms with Crippen LogP contribution in [0.1, 0.15) is 125 Å². The van der Waals surface area contributed by atoms with Crippen molar-refractivity contribution in [1.82, 2.24) is 0 Å². The van der Waals surface area contributed by atoms with Gasteiger partial charge in [0.2, 0.25) is 0 Å². The first-order valence-corrected chi connectivity index (χ1v) is 23.1. The van der Waals surface area contributed by atoms with E-state index in [-0.39, 0.29) is 34.8 Å². The Bertz CT molecular complexity index is 947. The Morgan fingerprint density at radius 2 is 1.32 bits per heavy atom. The molecule has 0 heterocycles. The highest BCUT2D eigenvalue weighted by Gasteiger charge is 2.41. The van der Waals surface area contributed by atoms with E-state index >= 15 is 0 Å². The maximum atomic E-state index is 11.2. The lowest BCUT2D eigenvalue weighted by atomic mass is 10.0. The minimum atomic E-state index is -2.07. The SMILES string of the molecule is CCCCCCCC[C@H](O[Si](C)(C)C(C)(C)C)[C@@H](/C=C/[C@H](CCCCC(=O)O)O[Si](C)(C)C(C)(C)C)OCc1ccccc1. The van der Waals surface area contributed by atoms with E-state index in [1.54, 1.807) is 0 Å². The average Bonchev–Trinajstić information content (AvgIpc) is 2.91. The Hall–Kier alpha value is -1.26. The topological polar surface area (TPSA) is 65.0 Å². The Kier molecular flexibility index (Phi) is 18.0. The molecule has 0 aliphatic carbocycles. The summed E-state index contributed by atoms with van der Waals surface area (Å²) in [7, 11) is -4.12. The molecule has 254 valence electrons. The summed E-state index contributed by atoms with van der Waals surface area (Å²) in [6.45, 7) is 25.7. The summed E-state index contributed by atoms with van der Waals surface area (Å²) in [5.74, 6) is -0.739. The monoisotopic (exact) mass is 648 g/mol. The van der Waals surface area contributed by atoms with E-state index < -0.39 is 22.6 Å². The number of carboxylic acids is 1. The number of unbranched alkanes of at least 4 members (excludes halogenated alkanes) is 6. The van der Waals surface area contributed by atoms with Gasteiger partial charge < -0.3 is 18.7 Å². The van der Waals surface area contributed by atoms with Crippen LogP contribution in [0.25, 0.3) is 0 Å². The quantitative estimate of drug-likeness (QED) is 0.0770. The molecule has 0 fully saturated rings. The lowest BCUT2D eigenvalue weighted by Gasteiger charge is -2.41. The molecule has 0 aromatic heterocycles. The van der Waals surface area contributed by atoms with Crippen LogP contribution in [-0.2, 0) is 25.0 Å². The first-order chi connectivity index (χ1) is 20.4. The number of benzene rings is 1. The molecular formula is C37H68O5Si2. The summed E-state index contributed by atoms with van der Waals surface area (Å²) in [5, 5.41) is 9.35. The van der Waals surface area contributed by atoms with Crippen molar-refractivity contribution >= 4 is 22.6 Å². The zero-order chi connectivity index (χ0) is 33.4. The van der Waals surface area contributed by atoms with Crippen molar-refractivity contribution in [2.75, 3.05) is 0 Å². The number of aliphatic carboxylic acids is 1. The fraction of sp³-hybridized carbons (Fsp3) is 0.757. The van der Waals surface area contributed by atoms with E-state index in [1.807, 2.05) is 6.07 Å². The second-order valence-corrected chi connectivity index (χ2v) is 25.2. The molecule has 7 heteroatoms. The van der Waals surface area contributed by atoms with Gasteiger partial charge >= 0.3 is 5.97 Å². The van der Waals surface area contributed by atoms with Crippen LogP contribution in [-0.4, -0.2) is 46.0 Å². The molecule has 1 N–H and O–H groups in total. The van der Waals surface area contributed by atoms with Crippen molar-refractivity contribution in [3.8, 4) is 0 Å². The van der Waals surface area contributed by atoms with Gasteiger partial charge in [0.25, 0.3) is 0 Å². The molecule has 1 rings (SSSR count). The predicted octanol–water partition coefficient (Wildman–Crippen LogP) is 11.3. The van der Waals surface area contributed by atoms with Crippen LogP contribution >= 0.6 is 0 Å². The number of carboxylic acid groups (broad SMARTS) is 1. The molecule has 0 radical (unpaired) electrons. The molecule has 0 unspecified atom stereocenters. The highest BCUT2D eigenvalue weighted by Crippen LogP contribution is 2.40. The van der Waals surface area contributed by atoms with Crippen molar-refractivity contribution in [3.05, 3.63) is 48.0 Å². The van der Waals surface area contributed by atoms with Crippen LogP contribution in [0.15, 0.2) is 42.5 Å². The van der Waals surface area contributed by atoms with Gasteiger partial charge in [-0.25, -0.2) is 0 Å². The molecular weight excluding hydrogens is 581 g/mol. The standard InChI is InChI=1S/C37H68O5Si2/c1-12-13-14-15-16-20-26-34(42-44(10,11)37(5,6)7)33(40-30-31-23-18-17-19-24-31)29-28-32(25-21-22-27-35(38)39)41-43(8,9)36(2,3)4/h17-19,23-24,28-29,32-34H,12-16,20-22,25-27,30H2,1-11H3,(H,38,39)/b29-28+/t32-,33+,34-/m0/s1. The van der Waals surface area contributed by atoms with Crippen molar-refractivity contribution in [2.24, 2.45) is 0 Å². The Morgan fingerprint density at radius 1 is 0.773 bits per heavy atom. The van der Waals surface area contributed by atoms with E-state index in [2.05, 4.69) is 111 Å². The Labute approximate surface area is 273 Å². The van der Waals surface area contributed by atoms with Crippen LogP contribution in [0.4, 0.5) is 0 Å². The predicted molar refractivity (Wildman–Crippen MR) is 192 cm³/mol. The van der Waals surface area contributed by atoms with Gasteiger partial charge in [-0.1, -0.05) is 136 Å². The van der Waals surface area contributed by atoms with E-state index in [0.29, 0.717) is 13.0 Å². The zero-order valence-electron chi connectivity index (χ0n) is 30.3. The van der Waals surface area contributed by atoms with Crippen LogP contribution in [0, 0.1) is 0 Å². The van der Waals surface area contributed by atoms with Crippen LogP contribution in [0.3, 0.4) is 0 Å². The largest absolute Gasteiger partial charge is 0.481 e. The third-order valence-electron chi connectivity index (χ3n) is 9.64. The smallest absolute Gasteiger partial charge is 0.303 e. The number of ether oxygens (including phenoxy) is 1. The molecule has 0 aliphatic heterocycles. The minimum absolute atomic E-state index is 0.0393. The van der Waals surface area contributed by atoms with Gasteiger partial charge in [-0.15, -0.1) is 0 Å². The van der Waals surface area contributed by atoms with E-state index in [9.17, 15) is 9.90 Å². The fourth-order valence-electron chi connectivity index (χ4n) is 4.63. The van der Waals surface area contributed by atoms with Crippen molar-refractivity contribution < 1.29 is 23.5 Å². The summed E-state index contributed by atoms with van der Waals surface area (Å²) < 4.78 is 20.8. The zero-order valence-corrected chi connectivity index (χ0v) is 32.3. The first kappa shape index (κ1) is 40.8. The molecule has 0 saturated heterocycles. The molecule has 3 atom stereocenters. The minimum Gasteiger partial charge on any atom is -0.481 e. The first-order valence-electron chi connectivity index (χ1n) is 17.3. The Morgan fingerprint density at radius 3 is 1.89 bits per heavy atom. The Balaban J connectivity index is 3.37. The summed E-state index contributed by atoms with van der Waals surface area (Å²) in [6.07, 6.45) is 15.0. The number of hydrogen-bond acceptors (Lipinski definition) is 4. The number of carbonyl (C=O) groups is 1. The van der Waals surface area contributed by atoms with E-state index in [0.717, 1.165) is 31.2 Å². The van der Waals surface area contributed by atoms with E-state index in [4.69, 9.17) is 13.6 Å². The molecule has 5 nitrogen and oxygen atoms in total. The van der Waals surface area contributed by atoms with Crippen molar-refractivity contribution in [3.63, 3.8) is 0 Å². The second-order valence-electron chi connectivity index (χ2n) is 15.7. The maximum Gasteiger partial charge on any atom is 0.303 e. The van der Waals surface area contributed by atoms with Gasteiger partial charge in [0.05, 0.1) is 18.8 Å². The third-order valence-corrected chi connectivity index (χ3v) is 18.7. The summed E-state index contributed by atoms with van der Waals surface area (Å²) in [4.78, 5) is 11.2. The molecule has 0 amide bonds. The highest BCUT2D eigenvalue weighted by atomic mass is 28.4. The maximum absolute atomic E-state index is 11.2. The van der Waals surface area contributed by atoms with Gasteiger partial charge in [-0.05, 0) is 61.1 Å². The molecule has 0 spiro atoms. The summed E-state index contributed by atoms with van der Waals surface area (Å²) in [6, 6.07) is 10.4. The highest BCUT2D eigenvalue weighted by molar-refractivity contribution is 6.74. The van der Waals surface area contributed by atoms with Crippen molar-refractivity contribution in [1.29, 1.82) is 0 Å². The van der Waals surface area contributed by atoms with Gasteiger partial charge in [0, 0.05) is 6.42 Å². The third kappa shape index (κ3) is 15.8. The average molecular weight is 649 g/mol. The molecule has 0 saturated carbocycles. The molecule has 44 heavy (non-hydrogen) atoms. The van der Waals surface area contributed by atoms with Crippen LogP contribution in [0.2, 0.25) is 36.3 Å². The van der Waals surface area contributed by atoms with Gasteiger partial charge in [-0.3, -0.25) is 4.79 Å². The van der Waals surface area contributed by atoms with Crippen LogP contribution in [0.5, 0.6) is 0 Å². The van der Waals surface area contributed by atoms with Crippen LogP contribution < -0.4 is 0 Å². The van der Waals surface area contributed by atoms with Crippen molar-refractivity contribution in [2.45, 2.75) is 180 Å². The van der Waals surface area contributed by atoms with Gasteiger partial charge in [-0.2, -0.15) is 0 Å². The number of hydrogen-bond donors (Lipinski definition) is 1. The normalized spacial score (nSPS) is 15.4. The van der Waals surface area contributed by atoms with Gasteiger partial charge in [0.1, 0.15) is 6.10 Å². The van der Waals surface area contributed by atoms with E-state index in [1.165, 1.54) is 32.1 Å². The molecule has 1 aromatic rings. The lowest BCUT2D eigenvalue weighted by Crippen LogP contribution is -2.47. The summed E-state index contributed by atoms with van der Waals surface area (Å²) in [5.41, 5.74) is 1.15. The second kappa shape index (κ2) is 19.4. The molecule has 0 aliphatic rings. The summed E-state index contributed by atoms with van der Waals surface area (Å²) >= 11 is 0.